The van der Waals surface area contributed by atoms with E-state index >= 15 is 0 Å². The highest BCUT2D eigenvalue weighted by atomic mass is 32.2. The SMILES string of the molecule is CCCCCCOc1cc(NN)nc(SC)n1. The van der Waals surface area contributed by atoms with Crippen LogP contribution in [0.2, 0.25) is 0 Å². The third-order valence-electron chi connectivity index (χ3n) is 2.26. The molecular formula is C11H20N4OS. The number of aromatic nitrogens is 2. The van der Waals surface area contributed by atoms with E-state index in [1.165, 1.54) is 31.0 Å². The summed E-state index contributed by atoms with van der Waals surface area (Å²) in [6.45, 7) is 2.88. The summed E-state index contributed by atoms with van der Waals surface area (Å²) in [7, 11) is 0. The number of nitrogens with zero attached hydrogens (tertiary/aromatic N) is 2. The van der Waals surface area contributed by atoms with Crippen molar-refractivity contribution >= 4 is 17.6 Å². The summed E-state index contributed by atoms with van der Waals surface area (Å²) in [4.78, 5) is 8.42. The van der Waals surface area contributed by atoms with Crippen molar-refractivity contribution in [2.45, 2.75) is 37.8 Å². The molecule has 1 rings (SSSR count). The van der Waals surface area contributed by atoms with Crippen LogP contribution in [-0.2, 0) is 0 Å². The first kappa shape index (κ1) is 14.1. The number of unbranched alkanes of at least 4 members (excludes halogenated alkanes) is 3. The second-order valence-corrected chi connectivity index (χ2v) is 4.40. The molecule has 6 heteroatoms. The van der Waals surface area contributed by atoms with E-state index in [-0.39, 0.29) is 0 Å². The van der Waals surface area contributed by atoms with Crippen LogP contribution in [-0.4, -0.2) is 22.8 Å². The van der Waals surface area contributed by atoms with Gasteiger partial charge in [0.1, 0.15) is 5.82 Å². The minimum Gasteiger partial charge on any atom is -0.478 e. The van der Waals surface area contributed by atoms with Crippen LogP contribution in [0.15, 0.2) is 11.2 Å². The summed E-state index contributed by atoms with van der Waals surface area (Å²) in [6.07, 6.45) is 6.64. The Morgan fingerprint density at radius 3 is 2.82 bits per heavy atom. The summed E-state index contributed by atoms with van der Waals surface area (Å²) >= 11 is 1.46. The Morgan fingerprint density at radius 1 is 1.35 bits per heavy atom. The third kappa shape index (κ3) is 5.23. The van der Waals surface area contributed by atoms with E-state index in [0.717, 1.165) is 6.42 Å². The Hall–Kier alpha value is -1.01. The first-order chi connectivity index (χ1) is 8.30. The summed E-state index contributed by atoms with van der Waals surface area (Å²) in [5, 5.41) is 0.656. The summed E-state index contributed by atoms with van der Waals surface area (Å²) in [5.74, 6) is 6.49. The number of hydrogen-bond acceptors (Lipinski definition) is 6. The molecule has 0 aliphatic carbocycles. The van der Waals surface area contributed by atoms with Gasteiger partial charge in [-0.15, -0.1) is 0 Å². The van der Waals surface area contributed by atoms with Crippen molar-refractivity contribution in [1.29, 1.82) is 0 Å². The summed E-state index contributed by atoms with van der Waals surface area (Å²) in [6, 6.07) is 1.71. The lowest BCUT2D eigenvalue weighted by atomic mass is 10.2. The van der Waals surface area contributed by atoms with Gasteiger partial charge < -0.3 is 10.2 Å². The van der Waals surface area contributed by atoms with Crippen LogP contribution in [0.4, 0.5) is 5.82 Å². The quantitative estimate of drug-likeness (QED) is 0.245. The molecule has 0 aliphatic rings. The molecule has 5 nitrogen and oxygen atoms in total. The van der Waals surface area contributed by atoms with Crippen LogP contribution < -0.4 is 16.0 Å². The van der Waals surface area contributed by atoms with Gasteiger partial charge in [0.25, 0.3) is 0 Å². The second kappa shape index (κ2) is 8.14. The van der Waals surface area contributed by atoms with Crippen LogP contribution in [0.5, 0.6) is 5.88 Å². The highest BCUT2D eigenvalue weighted by molar-refractivity contribution is 7.98. The maximum atomic E-state index is 5.58. The predicted molar refractivity (Wildman–Crippen MR) is 71.3 cm³/mol. The number of nitrogens with two attached hydrogens (primary N) is 1. The van der Waals surface area contributed by atoms with Crippen LogP contribution in [0.3, 0.4) is 0 Å². The number of hydrogen-bond donors (Lipinski definition) is 2. The molecule has 0 bridgehead atoms. The molecule has 17 heavy (non-hydrogen) atoms. The van der Waals surface area contributed by atoms with Crippen LogP contribution in [0.25, 0.3) is 0 Å². The van der Waals surface area contributed by atoms with E-state index in [0.29, 0.717) is 23.5 Å². The van der Waals surface area contributed by atoms with Crippen LogP contribution in [0.1, 0.15) is 32.6 Å². The molecule has 0 saturated heterocycles. The van der Waals surface area contributed by atoms with E-state index in [1.807, 2.05) is 6.26 Å². The Kier molecular flexibility index (Phi) is 6.73. The molecule has 1 heterocycles. The topological polar surface area (TPSA) is 73.1 Å². The van der Waals surface area contributed by atoms with Gasteiger partial charge in [-0.05, 0) is 12.7 Å². The maximum Gasteiger partial charge on any atom is 0.219 e. The Balaban J connectivity index is 2.46. The number of hydrazine groups is 1. The lowest BCUT2D eigenvalue weighted by molar-refractivity contribution is 0.291. The van der Waals surface area contributed by atoms with E-state index in [4.69, 9.17) is 10.6 Å². The molecule has 0 unspecified atom stereocenters. The van der Waals surface area contributed by atoms with Crippen LogP contribution >= 0.6 is 11.8 Å². The fourth-order valence-corrected chi connectivity index (χ4v) is 1.72. The molecular weight excluding hydrogens is 236 g/mol. The zero-order valence-corrected chi connectivity index (χ0v) is 11.2. The van der Waals surface area contributed by atoms with Gasteiger partial charge >= 0.3 is 0 Å². The molecule has 0 aliphatic heterocycles. The lowest BCUT2D eigenvalue weighted by Crippen LogP contribution is -2.10. The smallest absolute Gasteiger partial charge is 0.219 e. The van der Waals surface area contributed by atoms with Gasteiger partial charge in [0.05, 0.1) is 6.61 Å². The predicted octanol–water partition coefficient (Wildman–Crippen LogP) is 2.44. The largest absolute Gasteiger partial charge is 0.478 e. The number of anilines is 1. The molecule has 0 fully saturated rings. The minimum atomic E-state index is 0.577. The Morgan fingerprint density at radius 2 is 2.18 bits per heavy atom. The highest BCUT2D eigenvalue weighted by Crippen LogP contribution is 2.18. The molecule has 0 aromatic carbocycles. The van der Waals surface area contributed by atoms with E-state index in [2.05, 4.69) is 22.3 Å². The van der Waals surface area contributed by atoms with E-state index < -0.39 is 0 Å². The number of nitrogen functional groups attached to an aromatic ring is 1. The van der Waals surface area contributed by atoms with Crippen molar-refractivity contribution < 1.29 is 4.74 Å². The number of ether oxygens (including phenoxy) is 1. The van der Waals surface area contributed by atoms with Gasteiger partial charge in [-0.25, -0.2) is 10.8 Å². The van der Waals surface area contributed by atoms with Crippen molar-refractivity contribution in [1.82, 2.24) is 9.97 Å². The molecule has 3 N–H and O–H groups in total. The van der Waals surface area contributed by atoms with Gasteiger partial charge in [0, 0.05) is 6.07 Å². The van der Waals surface area contributed by atoms with E-state index in [9.17, 15) is 0 Å². The van der Waals surface area contributed by atoms with Gasteiger partial charge in [-0.1, -0.05) is 37.9 Å². The monoisotopic (exact) mass is 256 g/mol. The molecule has 0 atom stereocenters. The molecule has 0 spiro atoms. The maximum absolute atomic E-state index is 5.58. The van der Waals surface area contributed by atoms with Crippen molar-refractivity contribution in [2.75, 3.05) is 18.3 Å². The number of rotatable bonds is 8. The van der Waals surface area contributed by atoms with Crippen molar-refractivity contribution in [3.8, 4) is 5.88 Å². The van der Waals surface area contributed by atoms with Gasteiger partial charge in [0.15, 0.2) is 5.16 Å². The third-order valence-corrected chi connectivity index (χ3v) is 2.81. The molecule has 1 aromatic heterocycles. The van der Waals surface area contributed by atoms with Crippen molar-refractivity contribution in [3.63, 3.8) is 0 Å². The van der Waals surface area contributed by atoms with E-state index in [1.54, 1.807) is 6.07 Å². The molecule has 0 amide bonds. The molecule has 96 valence electrons. The fourth-order valence-electron chi connectivity index (χ4n) is 1.35. The molecule has 0 saturated carbocycles. The summed E-state index contributed by atoms with van der Waals surface area (Å²) < 4.78 is 5.58. The first-order valence-electron chi connectivity index (χ1n) is 5.82. The standard InChI is InChI=1S/C11H20N4OS/c1-3-4-5-6-7-16-10-8-9(15-12)13-11(14-10)17-2/h8H,3-7,12H2,1-2H3,(H,13,14,15). The Bertz CT molecular complexity index is 313. The fraction of sp³-hybridized carbons (Fsp3) is 0.636. The number of nitrogens with one attached hydrogen (secondary N) is 1. The number of thioether (sulfide) groups is 1. The van der Waals surface area contributed by atoms with Crippen molar-refractivity contribution in [2.24, 2.45) is 5.84 Å². The molecule has 1 aromatic rings. The lowest BCUT2D eigenvalue weighted by Gasteiger charge is -2.07. The Labute approximate surface area is 107 Å². The van der Waals surface area contributed by atoms with Crippen LogP contribution in [0, 0.1) is 0 Å². The summed E-state index contributed by atoms with van der Waals surface area (Å²) in [5.41, 5.74) is 2.51. The zero-order valence-electron chi connectivity index (χ0n) is 10.4. The zero-order chi connectivity index (χ0) is 12.5. The van der Waals surface area contributed by atoms with Crippen molar-refractivity contribution in [3.05, 3.63) is 6.07 Å². The normalized spacial score (nSPS) is 10.3. The van der Waals surface area contributed by atoms with Gasteiger partial charge in [0.2, 0.25) is 5.88 Å². The average molecular weight is 256 g/mol. The first-order valence-corrected chi connectivity index (χ1v) is 7.05. The highest BCUT2D eigenvalue weighted by Gasteiger charge is 2.03. The minimum absolute atomic E-state index is 0.577. The van der Waals surface area contributed by atoms with Gasteiger partial charge in [-0.3, -0.25) is 0 Å². The van der Waals surface area contributed by atoms with Gasteiger partial charge in [-0.2, -0.15) is 4.98 Å². The second-order valence-electron chi connectivity index (χ2n) is 3.63. The average Bonchev–Trinajstić information content (AvgIpc) is 2.38. The molecule has 0 radical (unpaired) electrons.